The van der Waals surface area contributed by atoms with Crippen LogP contribution in [0.3, 0.4) is 0 Å². The van der Waals surface area contributed by atoms with Crippen molar-refractivity contribution in [1.29, 1.82) is 0 Å². The quantitative estimate of drug-likeness (QED) is 0.629. The van der Waals surface area contributed by atoms with Crippen LogP contribution in [0.4, 0.5) is 5.69 Å². The van der Waals surface area contributed by atoms with Crippen LogP contribution in [0.15, 0.2) is 42.5 Å². The van der Waals surface area contributed by atoms with Crippen molar-refractivity contribution in [3.63, 3.8) is 0 Å². The number of benzene rings is 2. The van der Waals surface area contributed by atoms with Gasteiger partial charge in [-0.3, -0.25) is 24.0 Å². The van der Waals surface area contributed by atoms with Crippen molar-refractivity contribution in [2.45, 2.75) is 64.6 Å². The van der Waals surface area contributed by atoms with E-state index in [-0.39, 0.29) is 23.5 Å². The fraction of sp³-hybridized carbons (Fsp3) is 0.483. The van der Waals surface area contributed by atoms with Crippen LogP contribution >= 0.6 is 0 Å². The molecular weight excluding hydrogens is 484 g/mol. The predicted molar refractivity (Wildman–Crippen MR) is 144 cm³/mol. The highest BCUT2D eigenvalue weighted by molar-refractivity contribution is 6.05. The lowest BCUT2D eigenvalue weighted by Crippen LogP contribution is -2.56. The Morgan fingerprint density at radius 3 is 2.42 bits per heavy atom. The summed E-state index contributed by atoms with van der Waals surface area (Å²) in [4.78, 5) is 67.9. The summed E-state index contributed by atoms with van der Waals surface area (Å²) in [5.74, 6) is -2.67. The number of nitrogens with one attached hydrogen (secondary N) is 2. The van der Waals surface area contributed by atoms with Gasteiger partial charge in [0.1, 0.15) is 6.04 Å². The number of likely N-dealkylation sites (N-methyl/N-ethyl adjacent to an activating group) is 1. The van der Waals surface area contributed by atoms with Crippen LogP contribution in [-0.4, -0.2) is 70.9 Å². The van der Waals surface area contributed by atoms with E-state index in [1.165, 1.54) is 25.8 Å². The van der Waals surface area contributed by atoms with Gasteiger partial charge in [0.05, 0.1) is 17.9 Å². The number of carbonyl (C=O) groups excluding carboxylic acids is 5. The number of hydrogen-bond donors (Lipinski definition) is 2. The minimum absolute atomic E-state index is 0.123. The van der Waals surface area contributed by atoms with Crippen molar-refractivity contribution in [1.82, 2.24) is 15.1 Å². The lowest BCUT2D eigenvalue weighted by atomic mass is 9.82. The number of amides is 4. The highest BCUT2D eigenvalue weighted by atomic mass is 16.2. The van der Waals surface area contributed by atoms with E-state index in [9.17, 15) is 24.0 Å². The largest absolute Gasteiger partial charge is 0.344 e. The Balaban J connectivity index is 1.60. The molecule has 0 spiro atoms. The summed E-state index contributed by atoms with van der Waals surface area (Å²) >= 11 is 0. The van der Waals surface area contributed by atoms with Crippen molar-refractivity contribution in [3.05, 3.63) is 42.5 Å². The Kier molecular flexibility index (Phi) is 8.14. The van der Waals surface area contributed by atoms with E-state index in [1.54, 1.807) is 11.8 Å². The van der Waals surface area contributed by atoms with E-state index in [0.717, 1.165) is 10.8 Å². The van der Waals surface area contributed by atoms with Gasteiger partial charge < -0.3 is 20.4 Å². The third-order valence-corrected chi connectivity index (χ3v) is 8.15. The number of ketones is 1. The number of likely N-dealkylation sites (tertiary alicyclic amines) is 1. The van der Waals surface area contributed by atoms with Gasteiger partial charge in [-0.2, -0.15) is 0 Å². The summed E-state index contributed by atoms with van der Waals surface area (Å²) in [6.07, 6.45) is 1.90. The Labute approximate surface area is 222 Å². The summed E-state index contributed by atoms with van der Waals surface area (Å²) in [7, 11) is 1.54. The molecule has 2 aromatic carbocycles. The fourth-order valence-electron chi connectivity index (χ4n) is 5.85. The summed E-state index contributed by atoms with van der Waals surface area (Å²) in [6, 6.07) is 11.5. The van der Waals surface area contributed by atoms with Crippen molar-refractivity contribution in [2.75, 3.05) is 18.9 Å². The van der Waals surface area contributed by atoms with Crippen molar-refractivity contribution in [3.8, 4) is 0 Å². The molecule has 2 N–H and O–H groups in total. The number of nitrogens with zero attached hydrogens (tertiary/aromatic N) is 2. The van der Waals surface area contributed by atoms with Crippen LogP contribution in [0, 0.1) is 11.8 Å². The molecular formula is C29H36N4O5. The van der Waals surface area contributed by atoms with Crippen molar-refractivity contribution in [2.24, 2.45) is 11.8 Å². The van der Waals surface area contributed by atoms with E-state index >= 15 is 0 Å². The molecule has 5 atom stereocenters. The average molecular weight is 521 g/mol. The smallest absolute Gasteiger partial charge is 0.243 e. The van der Waals surface area contributed by atoms with Crippen molar-refractivity contribution >= 4 is 45.9 Å². The van der Waals surface area contributed by atoms with E-state index < -0.39 is 35.9 Å². The molecule has 2 unspecified atom stereocenters. The second-order valence-corrected chi connectivity index (χ2v) is 10.4. The normalized spacial score (nSPS) is 24.1. The first-order chi connectivity index (χ1) is 18.1. The van der Waals surface area contributed by atoms with Gasteiger partial charge in [0.15, 0.2) is 5.78 Å². The Bertz CT molecular complexity index is 1260. The van der Waals surface area contributed by atoms with Crippen LogP contribution in [-0.2, 0) is 24.0 Å². The fourth-order valence-corrected chi connectivity index (χ4v) is 5.85. The zero-order chi connectivity index (χ0) is 27.6. The second-order valence-electron chi connectivity index (χ2n) is 10.4. The molecule has 202 valence electrons. The van der Waals surface area contributed by atoms with E-state index in [1.807, 2.05) is 42.5 Å². The molecule has 1 aliphatic heterocycles. The number of carbonyl (C=O) groups is 5. The summed E-state index contributed by atoms with van der Waals surface area (Å²) < 4.78 is 0. The molecule has 38 heavy (non-hydrogen) atoms. The molecule has 0 bridgehead atoms. The van der Waals surface area contributed by atoms with Gasteiger partial charge in [-0.15, -0.1) is 0 Å². The van der Waals surface area contributed by atoms with Gasteiger partial charge >= 0.3 is 0 Å². The first-order valence-electron chi connectivity index (χ1n) is 13.2. The molecule has 4 amide bonds. The van der Waals surface area contributed by atoms with Gasteiger partial charge in [-0.05, 0) is 44.1 Å². The SMILES string of the molecule is CC(=O)N(C)[C@@H](C)C(=O)N[C@H]1CCCN(C(C)=O)[C@H]2CCC(C(=O)Nc3cccc4ccccc34)C2C1=O. The molecule has 2 aromatic rings. The third kappa shape index (κ3) is 5.42. The van der Waals surface area contributed by atoms with Crippen LogP contribution < -0.4 is 10.6 Å². The lowest BCUT2D eigenvalue weighted by Gasteiger charge is -2.38. The number of anilines is 1. The number of fused-ring (bicyclic) bond motifs is 2. The minimum Gasteiger partial charge on any atom is -0.344 e. The number of hydrogen-bond acceptors (Lipinski definition) is 5. The molecule has 1 saturated heterocycles. The number of rotatable bonds is 5. The molecule has 4 rings (SSSR count). The topological polar surface area (TPSA) is 116 Å². The molecule has 1 saturated carbocycles. The zero-order valence-electron chi connectivity index (χ0n) is 22.4. The van der Waals surface area contributed by atoms with Gasteiger partial charge in [0, 0.05) is 44.6 Å². The molecule has 9 nitrogen and oxygen atoms in total. The average Bonchev–Trinajstić information content (AvgIpc) is 3.32. The van der Waals surface area contributed by atoms with Crippen LogP contribution in [0.2, 0.25) is 0 Å². The maximum Gasteiger partial charge on any atom is 0.243 e. The van der Waals surface area contributed by atoms with Crippen LogP contribution in [0.25, 0.3) is 10.8 Å². The first-order valence-corrected chi connectivity index (χ1v) is 13.2. The van der Waals surface area contributed by atoms with Crippen LogP contribution in [0.1, 0.15) is 46.5 Å². The van der Waals surface area contributed by atoms with Gasteiger partial charge in [0.25, 0.3) is 0 Å². The minimum atomic E-state index is -0.794. The van der Waals surface area contributed by atoms with Crippen molar-refractivity contribution < 1.29 is 24.0 Å². The summed E-state index contributed by atoms with van der Waals surface area (Å²) in [5.41, 5.74) is 0.671. The van der Waals surface area contributed by atoms with E-state index in [0.29, 0.717) is 37.9 Å². The standard InChI is InChI=1S/C29H36N4O5/c1-17(32(4)18(2)34)28(37)31-24-13-8-16-33(19(3)35)25-15-14-22(26(25)27(24)36)29(38)30-23-12-7-10-20-9-5-6-11-21(20)23/h5-7,9-12,17,22,24-26H,8,13-16H2,1-4H3,(H,30,38)(H,31,37)/t17-,22?,24-,25-,26?/m0/s1. The molecule has 1 aliphatic carbocycles. The number of Topliss-reactive ketones (excluding diaryl/α,β-unsaturated/α-hetero) is 1. The maximum atomic E-state index is 14.0. The molecule has 2 aliphatic rings. The summed E-state index contributed by atoms with van der Waals surface area (Å²) in [6.45, 7) is 4.94. The molecule has 9 heteroatoms. The molecule has 1 heterocycles. The highest BCUT2D eigenvalue weighted by Gasteiger charge is 2.50. The zero-order valence-corrected chi connectivity index (χ0v) is 22.4. The van der Waals surface area contributed by atoms with E-state index in [4.69, 9.17) is 0 Å². The third-order valence-electron chi connectivity index (χ3n) is 8.15. The first kappa shape index (κ1) is 27.3. The molecule has 2 fully saturated rings. The lowest BCUT2D eigenvalue weighted by molar-refractivity contribution is -0.142. The van der Waals surface area contributed by atoms with Gasteiger partial charge in [-0.25, -0.2) is 0 Å². The molecule has 0 aromatic heterocycles. The van der Waals surface area contributed by atoms with E-state index in [2.05, 4.69) is 10.6 Å². The highest BCUT2D eigenvalue weighted by Crippen LogP contribution is 2.40. The molecule has 0 radical (unpaired) electrons. The maximum absolute atomic E-state index is 14.0. The predicted octanol–water partition coefficient (Wildman–Crippen LogP) is 2.74. The Morgan fingerprint density at radius 1 is 1.00 bits per heavy atom. The van der Waals surface area contributed by atoms with Gasteiger partial charge in [-0.1, -0.05) is 36.4 Å². The summed E-state index contributed by atoms with van der Waals surface area (Å²) in [5, 5.41) is 7.78. The monoisotopic (exact) mass is 520 g/mol. The Hall–Kier alpha value is -3.75. The second kappa shape index (κ2) is 11.3. The Morgan fingerprint density at radius 2 is 1.71 bits per heavy atom. The van der Waals surface area contributed by atoms with Crippen LogP contribution in [0.5, 0.6) is 0 Å². The van der Waals surface area contributed by atoms with Gasteiger partial charge in [0.2, 0.25) is 23.6 Å².